The molecule has 2 aromatic rings. The number of hydrazone groups is 1. The lowest BCUT2D eigenvalue weighted by atomic mass is 10.1. The van der Waals surface area contributed by atoms with Gasteiger partial charge in [-0.05, 0) is 29.1 Å². The maximum atomic E-state index is 11.1. The molecule has 110 valence electrons. The summed E-state index contributed by atoms with van der Waals surface area (Å²) in [6.07, 6.45) is 0. The Morgan fingerprint density at radius 2 is 2.27 bits per heavy atom. The van der Waals surface area contributed by atoms with Crippen molar-refractivity contribution in [2.24, 2.45) is 10.8 Å². The Kier molecular flexibility index (Phi) is 4.45. The maximum Gasteiger partial charge on any atom is 0.294 e. The molecule has 0 saturated carbocycles. The van der Waals surface area contributed by atoms with Gasteiger partial charge in [-0.25, -0.2) is 0 Å². The summed E-state index contributed by atoms with van der Waals surface area (Å²) in [4.78, 5) is 11.4. The van der Waals surface area contributed by atoms with Gasteiger partial charge < -0.3 is 5.73 Å². The molecule has 0 aliphatic carbocycles. The van der Waals surface area contributed by atoms with E-state index in [9.17, 15) is 10.1 Å². The molecule has 4 N–H and O–H groups in total. The van der Waals surface area contributed by atoms with E-state index in [1.54, 1.807) is 18.2 Å². The van der Waals surface area contributed by atoms with Crippen molar-refractivity contribution in [3.63, 3.8) is 0 Å². The largest absolute Gasteiger partial charge is 0.382 e. The van der Waals surface area contributed by atoms with Crippen LogP contribution in [0.4, 0.5) is 11.4 Å². The van der Waals surface area contributed by atoms with E-state index in [1.165, 1.54) is 17.4 Å². The Morgan fingerprint density at radius 1 is 1.50 bits per heavy atom. The normalized spacial score (nSPS) is 10.8. The van der Waals surface area contributed by atoms with Crippen LogP contribution in [0.1, 0.15) is 0 Å². The summed E-state index contributed by atoms with van der Waals surface area (Å²) >= 11 is 1.49. The van der Waals surface area contributed by atoms with Crippen molar-refractivity contribution in [3.8, 4) is 16.5 Å². The molecule has 1 heterocycles. The lowest BCUT2D eigenvalue weighted by Crippen LogP contribution is -2.22. The van der Waals surface area contributed by atoms with Crippen LogP contribution >= 0.6 is 11.3 Å². The number of nitrogens with zero attached hydrogens (tertiary/aromatic N) is 3. The van der Waals surface area contributed by atoms with Gasteiger partial charge in [0, 0.05) is 10.9 Å². The monoisotopic (exact) mass is 314 g/mol. The second kappa shape index (κ2) is 6.47. The molecule has 8 nitrogen and oxygen atoms in total. The highest BCUT2D eigenvalue weighted by Gasteiger charge is 2.15. The number of hydrogen-bond donors (Lipinski definition) is 3. The van der Waals surface area contributed by atoms with E-state index in [0.717, 1.165) is 10.4 Å². The van der Waals surface area contributed by atoms with E-state index in [1.807, 2.05) is 17.5 Å². The van der Waals surface area contributed by atoms with Crippen molar-refractivity contribution in [3.05, 3.63) is 45.8 Å². The Bertz CT molecular complexity index is 791. The van der Waals surface area contributed by atoms with E-state index < -0.39 is 10.8 Å². The third-order valence-corrected chi connectivity index (χ3v) is 3.57. The molecule has 0 spiro atoms. The van der Waals surface area contributed by atoms with Crippen molar-refractivity contribution >= 4 is 34.3 Å². The van der Waals surface area contributed by atoms with Crippen molar-refractivity contribution in [2.75, 3.05) is 5.43 Å². The zero-order valence-corrected chi connectivity index (χ0v) is 11.9. The lowest BCUT2D eigenvalue weighted by molar-refractivity contribution is -0.383. The molecule has 0 bridgehead atoms. The summed E-state index contributed by atoms with van der Waals surface area (Å²) in [7, 11) is 0. The predicted molar refractivity (Wildman–Crippen MR) is 85.0 cm³/mol. The smallest absolute Gasteiger partial charge is 0.294 e. The SMILES string of the molecule is N#C/C(=N\Nc1cc(-c2cccs2)ccc1[N+](=O)[O-])C(=N)N. The number of amidine groups is 1. The van der Waals surface area contributed by atoms with Gasteiger partial charge in [0.1, 0.15) is 11.8 Å². The first-order chi connectivity index (χ1) is 10.5. The number of hydrogen-bond acceptors (Lipinski definition) is 7. The Morgan fingerprint density at radius 3 is 2.82 bits per heavy atom. The number of thiophene rings is 1. The van der Waals surface area contributed by atoms with Crippen LogP contribution in [0.3, 0.4) is 0 Å². The molecule has 0 aliphatic heterocycles. The number of benzene rings is 1. The molecule has 1 aromatic heterocycles. The summed E-state index contributed by atoms with van der Waals surface area (Å²) in [6.45, 7) is 0. The van der Waals surface area contributed by atoms with Gasteiger partial charge in [-0.15, -0.1) is 11.3 Å². The first kappa shape index (κ1) is 15.1. The average Bonchev–Trinajstić information content (AvgIpc) is 3.01. The highest BCUT2D eigenvalue weighted by Crippen LogP contribution is 2.32. The van der Waals surface area contributed by atoms with E-state index >= 15 is 0 Å². The second-order valence-electron chi connectivity index (χ2n) is 4.06. The number of nitrogens with two attached hydrogens (primary N) is 1. The first-order valence-corrected chi connectivity index (χ1v) is 6.81. The number of anilines is 1. The van der Waals surface area contributed by atoms with Crippen LogP contribution in [0.25, 0.3) is 10.4 Å². The van der Waals surface area contributed by atoms with Crippen molar-refractivity contribution in [2.45, 2.75) is 0 Å². The fourth-order valence-electron chi connectivity index (χ4n) is 1.64. The number of nitrogens with one attached hydrogen (secondary N) is 2. The minimum Gasteiger partial charge on any atom is -0.382 e. The third kappa shape index (κ3) is 3.25. The summed E-state index contributed by atoms with van der Waals surface area (Å²) in [5, 5.41) is 32.5. The fraction of sp³-hybridized carbons (Fsp3) is 0. The number of rotatable bonds is 5. The molecule has 2 rings (SSSR count). The standard InChI is InChI=1S/C13H10N6O2S/c14-7-10(13(15)16)18-17-9-6-8(12-2-1-5-22-12)3-4-11(9)19(20)21/h1-6,17H,(H3,15,16)/b18-10+. The molecule has 0 atom stereocenters. The zero-order chi connectivity index (χ0) is 16.1. The van der Waals surface area contributed by atoms with Gasteiger partial charge in [-0.2, -0.15) is 10.4 Å². The molecule has 9 heteroatoms. The molecule has 0 amide bonds. The first-order valence-electron chi connectivity index (χ1n) is 5.93. The van der Waals surface area contributed by atoms with Crippen LogP contribution in [0.15, 0.2) is 40.8 Å². The number of nitro groups is 1. The summed E-state index contributed by atoms with van der Waals surface area (Å²) in [5.41, 5.74) is 7.96. The Hall–Kier alpha value is -3.25. The predicted octanol–water partition coefficient (Wildman–Crippen LogP) is 2.55. The molecule has 0 unspecified atom stereocenters. The van der Waals surface area contributed by atoms with E-state index in [0.29, 0.717) is 0 Å². The van der Waals surface area contributed by atoms with Crippen LogP contribution in [0, 0.1) is 26.9 Å². The van der Waals surface area contributed by atoms with Gasteiger partial charge in [0.15, 0.2) is 5.84 Å². The van der Waals surface area contributed by atoms with Crippen molar-refractivity contribution in [1.82, 2.24) is 0 Å². The van der Waals surface area contributed by atoms with Crippen LogP contribution in [0.2, 0.25) is 0 Å². The van der Waals surface area contributed by atoms with Crippen LogP contribution in [-0.2, 0) is 0 Å². The molecular weight excluding hydrogens is 304 g/mol. The molecule has 1 aromatic carbocycles. The highest BCUT2D eigenvalue weighted by atomic mass is 32.1. The van der Waals surface area contributed by atoms with Crippen LogP contribution in [-0.4, -0.2) is 16.5 Å². The van der Waals surface area contributed by atoms with E-state index in [-0.39, 0.29) is 17.1 Å². The van der Waals surface area contributed by atoms with Gasteiger partial charge in [0.05, 0.1) is 4.92 Å². The van der Waals surface area contributed by atoms with Crippen molar-refractivity contribution < 1.29 is 4.92 Å². The van der Waals surface area contributed by atoms with Crippen molar-refractivity contribution in [1.29, 1.82) is 10.7 Å². The molecule has 0 aliphatic rings. The molecular formula is C13H10N6O2S. The van der Waals surface area contributed by atoms with Crippen LogP contribution < -0.4 is 11.2 Å². The molecule has 0 radical (unpaired) electrons. The molecule has 0 fully saturated rings. The lowest BCUT2D eigenvalue weighted by Gasteiger charge is -2.05. The Labute approximate surface area is 129 Å². The zero-order valence-electron chi connectivity index (χ0n) is 11.1. The minimum absolute atomic E-state index is 0.116. The summed E-state index contributed by atoms with van der Waals surface area (Å²) < 4.78 is 0. The Balaban J connectivity index is 2.43. The quantitative estimate of drug-likeness (QED) is 0.336. The van der Waals surface area contributed by atoms with Crippen LogP contribution in [0.5, 0.6) is 0 Å². The molecule has 22 heavy (non-hydrogen) atoms. The van der Waals surface area contributed by atoms with Gasteiger partial charge in [0.25, 0.3) is 5.69 Å². The van der Waals surface area contributed by atoms with Gasteiger partial charge >= 0.3 is 0 Å². The second-order valence-corrected chi connectivity index (χ2v) is 5.01. The minimum atomic E-state index is -0.560. The summed E-state index contributed by atoms with van der Waals surface area (Å²) in [6, 6.07) is 9.93. The highest BCUT2D eigenvalue weighted by molar-refractivity contribution is 7.13. The summed E-state index contributed by atoms with van der Waals surface area (Å²) in [5.74, 6) is -0.521. The van der Waals surface area contributed by atoms with Gasteiger partial charge in [0.2, 0.25) is 5.71 Å². The number of nitro benzene ring substituents is 1. The maximum absolute atomic E-state index is 11.1. The number of nitriles is 1. The van der Waals surface area contributed by atoms with Gasteiger partial charge in [-0.1, -0.05) is 6.07 Å². The average molecular weight is 314 g/mol. The topological polar surface area (TPSA) is 141 Å². The third-order valence-electron chi connectivity index (χ3n) is 2.65. The van der Waals surface area contributed by atoms with Gasteiger partial charge in [-0.3, -0.25) is 20.9 Å². The van der Waals surface area contributed by atoms with E-state index in [2.05, 4.69) is 10.5 Å². The van der Waals surface area contributed by atoms with E-state index in [4.69, 9.17) is 16.4 Å². The molecule has 0 saturated heterocycles. The fourth-order valence-corrected chi connectivity index (χ4v) is 2.37.